The van der Waals surface area contributed by atoms with E-state index in [1.54, 1.807) is 0 Å². The highest BCUT2D eigenvalue weighted by atomic mass is 16.4. The maximum atomic E-state index is 10.5. The molecule has 0 bridgehead atoms. The molecule has 0 saturated carbocycles. The van der Waals surface area contributed by atoms with Crippen molar-refractivity contribution >= 4 is 11.9 Å². The van der Waals surface area contributed by atoms with Crippen molar-refractivity contribution in [3.05, 3.63) is 0 Å². The van der Waals surface area contributed by atoms with E-state index in [-0.39, 0.29) is 12.8 Å². The van der Waals surface area contributed by atoms with Crippen LogP contribution in [0.1, 0.15) is 65.2 Å². The zero-order valence-corrected chi connectivity index (χ0v) is 11.5. The van der Waals surface area contributed by atoms with Gasteiger partial charge >= 0.3 is 11.9 Å². The van der Waals surface area contributed by atoms with Gasteiger partial charge in [0.1, 0.15) is 0 Å². The number of carboxylic acids is 2. The summed E-state index contributed by atoms with van der Waals surface area (Å²) in [6.07, 6.45) is 5.90. The van der Waals surface area contributed by atoms with Gasteiger partial charge in [-0.1, -0.05) is 26.7 Å². The smallest absolute Gasteiger partial charge is 0.303 e. The second-order valence-electron chi connectivity index (χ2n) is 4.91. The van der Waals surface area contributed by atoms with Crippen molar-refractivity contribution < 1.29 is 19.8 Å². The van der Waals surface area contributed by atoms with Crippen molar-refractivity contribution in [2.75, 3.05) is 0 Å². The lowest BCUT2D eigenvalue weighted by molar-refractivity contribution is -0.138. The summed E-state index contributed by atoms with van der Waals surface area (Å²) in [4.78, 5) is 21.0. The van der Waals surface area contributed by atoms with Gasteiger partial charge in [0.2, 0.25) is 0 Å². The highest BCUT2D eigenvalue weighted by Crippen LogP contribution is 2.29. The molecule has 4 nitrogen and oxygen atoms in total. The van der Waals surface area contributed by atoms with Crippen LogP contribution in [0.2, 0.25) is 0 Å². The van der Waals surface area contributed by atoms with Crippen molar-refractivity contribution in [3.8, 4) is 0 Å². The first kappa shape index (κ1) is 16.9. The van der Waals surface area contributed by atoms with Gasteiger partial charge in [0.05, 0.1) is 0 Å². The molecule has 4 heteroatoms. The molecule has 106 valence electrons. The van der Waals surface area contributed by atoms with Gasteiger partial charge in [-0.25, -0.2) is 0 Å². The minimum Gasteiger partial charge on any atom is -0.481 e. The lowest BCUT2D eigenvalue weighted by atomic mass is 9.81. The molecule has 0 spiro atoms. The Morgan fingerprint density at radius 3 is 1.39 bits per heavy atom. The Morgan fingerprint density at radius 2 is 1.17 bits per heavy atom. The molecule has 0 saturated heterocycles. The van der Waals surface area contributed by atoms with Crippen LogP contribution in [0.3, 0.4) is 0 Å². The van der Waals surface area contributed by atoms with Crippen LogP contribution in [-0.2, 0) is 9.59 Å². The normalized spacial score (nSPS) is 14.1. The summed E-state index contributed by atoms with van der Waals surface area (Å²) in [5.41, 5.74) is 0. The van der Waals surface area contributed by atoms with Crippen molar-refractivity contribution in [3.63, 3.8) is 0 Å². The molecule has 0 aromatic carbocycles. The maximum Gasteiger partial charge on any atom is 0.303 e. The van der Waals surface area contributed by atoms with Crippen LogP contribution in [0.4, 0.5) is 0 Å². The molecule has 0 heterocycles. The lowest BCUT2D eigenvalue weighted by Crippen LogP contribution is -2.15. The molecular formula is C14H26O4. The van der Waals surface area contributed by atoms with Gasteiger partial charge in [0.25, 0.3) is 0 Å². The number of carbonyl (C=O) groups is 2. The van der Waals surface area contributed by atoms with Crippen molar-refractivity contribution in [2.24, 2.45) is 11.8 Å². The summed E-state index contributed by atoms with van der Waals surface area (Å²) in [6.45, 7) is 4.26. The quantitative estimate of drug-likeness (QED) is 0.594. The first-order valence-electron chi connectivity index (χ1n) is 6.94. The zero-order valence-electron chi connectivity index (χ0n) is 11.5. The van der Waals surface area contributed by atoms with E-state index in [1.165, 1.54) is 0 Å². The third-order valence-corrected chi connectivity index (χ3v) is 3.65. The standard InChI is InChI=1S/C14H26O4/c1-3-11(7-5-9-13(15)16)12(4-2)8-6-10-14(17)18/h11-12H,3-10H2,1-2H3,(H,15,16)(H,17,18). The molecule has 0 fully saturated rings. The Balaban J connectivity index is 4.04. The van der Waals surface area contributed by atoms with Crippen molar-refractivity contribution in [1.82, 2.24) is 0 Å². The molecule has 2 atom stereocenters. The molecule has 0 amide bonds. The highest BCUT2D eigenvalue weighted by molar-refractivity contribution is 5.66. The molecule has 0 aromatic heterocycles. The molecule has 18 heavy (non-hydrogen) atoms. The predicted molar refractivity (Wildman–Crippen MR) is 70.5 cm³/mol. The highest BCUT2D eigenvalue weighted by Gasteiger charge is 2.18. The van der Waals surface area contributed by atoms with Gasteiger partial charge < -0.3 is 10.2 Å². The lowest BCUT2D eigenvalue weighted by Gasteiger charge is -2.25. The summed E-state index contributed by atoms with van der Waals surface area (Å²) >= 11 is 0. The van der Waals surface area contributed by atoms with Gasteiger partial charge in [0, 0.05) is 12.8 Å². The fraction of sp³-hybridized carbons (Fsp3) is 0.857. The van der Waals surface area contributed by atoms with Crippen LogP contribution in [0.15, 0.2) is 0 Å². The molecular weight excluding hydrogens is 232 g/mol. The molecule has 0 aliphatic heterocycles. The molecule has 0 rings (SSSR count). The summed E-state index contributed by atoms with van der Waals surface area (Å²) in [7, 11) is 0. The van der Waals surface area contributed by atoms with Gasteiger partial charge in [0.15, 0.2) is 0 Å². The van der Waals surface area contributed by atoms with Crippen molar-refractivity contribution in [2.45, 2.75) is 65.2 Å². The van der Waals surface area contributed by atoms with Gasteiger partial charge in [-0.3, -0.25) is 9.59 Å². The molecule has 0 radical (unpaired) electrons. The predicted octanol–water partition coefficient (Wildman–Crippen LogP) is 3.55. The monoisotopic (exact) mass is 258 g/mol. The summed E-state index contributed by atoms with van der Waals surface area (Å²) in [5, 5.41) is 17.3. The third-order valence-electron chi connectivity index (χ3n) is 3.65. The first-order valence-corrected chi connectivity index (χ1v) is 6.94. The van der Waals surface area contributed by atoms with Crippen LogP contribution in [0.25, 0.3) is 0 Å². The van der Waals surface area contributed by atoms with Gasteiger partial charge in [-0.2, -0.15) is 0 Å². The largest absolute Gasteiger partial charge is 0.481 e. The Kier molecular flexibility index (Phi) is 9.33. The fourth-order valence-electron chi connectivity index (χ4n) is 2.58. The Bertz CT molecular complexity index is 224. The van der Waals surface area contributed by atoms with E-state index in [4.69, 9.17) is 10.2 Å². The van der Waals surface area contributed by atoms with E-state index in [1.807, 2.05) is 0 Å². The van der Waals surface area contributed by atoms with Crippen LogP contribution in [0, 0.1) is 11.8 Å². The number of hydrogen-bond acceptors (Lipinski definition) is 2. The van der Waals surface area contributed by atoms with Crippen LogP contribution < -0.4 is 0 Å². The number of carboxylic acid groups (broad SMARTS) is 2. The second-order valence-corrected chi connectivity index (χ2v) is 4.91. The number of rotatable bonds is 11. The maximum absolute atomic E-state index is 10.5. The van der Waals surface area contributed by atoms with E-state index < -0.39 is 11.9 Å². The Morgan fingerprint density at radius 1 is 0.833 bits per heavy atom. The third kappa shape index (κ3) is 8.09. The van der Waals surface area contributed by atoms with Crippen LogP contribution in [-0.4, -0.2) is 22.2 Å². The Labute approximate surface area is 109 Å². The molecule has 0 aliphatic rings. The molecule has 0 aliphatic carbocycles. The summed E-state index contributed by atoms with van der Waals surface area (Å²) in [6, 6.07) is 0. The minimum absolute atomic E-state index is 0.238. The molecule has 2 unspecified atom stereocenters. The topological polar surface area (TPSA) is 74.6 Å². The van der Waals surface area contributed by atoms with E-state index in [0.29, 0.717) is 11.8 Å². The fourth-order valence-corrected chi connectivity index (χ4v) is 2.58. The van der Waals surface area contributed by atoms with Gasteiger partial charge in [-0.05, 0) is 37.5 Å². The molecule has 2 N–H and O–H groups in total. The van der Waals surface area contributed by atoms with Crippen LogP contribution >= 0.6 is 0 Å². The van der Waals surface area contributed by atoms with E-state index in [0.717, 1.165) is 38.5 Å². The number of aliphatic carboxylic acids is 2. The minimum atomic E-state index is -0.733. The summed E-state index contributed by atoms with van der Waals surface area (Å²) in [5.74, 6) is -0.404. The Hall–Kier alpha value is -1.06. The van der Waals surface area contributed by atoms with Gasteiger partial charge in [-0.15, -0.1) is 0 Å². The second kappa shape index (κ2) is 9.92. The average molecular weight is 258 g/mol. The zero-order chi connectivity index (χ0) is 14.0. The van der Waals surface area contributed by atoms with Crippen molar-refractivity contribution in [1.29, 1.82) is 0 Å². The van der Waals surface area contributed by atoms with E-state index >= 15 is 0 Å². The first-order chi connectivity index (χ1) is 8.51. The van der Waals surface area contributed by atoms with E-state index in [9.17, 15) is 9.59 Å². The van der Waals surface area contributed by atoms with Crippen LogP contribution in [0.5, 0.6) is 0 Å². The number of hydrogen-bond donors (Lipinski definition) is 2. The average Bonchev–Trinajstić information content (AvgIpc) is 2.30. The molecule has 0 aromatic rings. The van der Waals surface area contributed by atoms with E-state index in [2.05, 4.69) is 13.8 Å². The summed E-state index contributed by atoms with van der Waals surface area (Å²) < 4.78 is 0. The SMILES string of the molecule is CCC(CCCC(=O)O)C(CC)CCCC(=O)O.